The van der Waals surface area contributed by atoms with E-state index in [4.69, 9.17) is 17.3 Å². The van der Waals surface area contributed by atoms with E-state index >= 15 is 0 Å². The number of aliphatic hydroxyl groups is 1. The molecule has 6 heteroatoms. The Labute approximate surface area is 127 Å². The molecule has 1 aromatic rings. The maximum atomic E-state index is 12.7. The van der Waals surface area contributed by atoms with E-state index in [1.165, 1.54) is 12.1 Å². The normalized spacial score (nSPS) is 20.3. The molecule has 2 atom stereocenters. The Morgan fingerprint density at radius 3 is 2.33 bits per heavy atom. The second-order valence-electron chi connectivity index (χ2n) is 5.65. The van der Waals surface area contributed by atoms with E-state index in [-0.39, 0.29) is 10.9 Å². The Bertz CT molecular complexity index is 486. The average molecular weight is 322 g/mol. The molecule has 2 rings (SSSR count). The smallest absolute Gasteiger partial charge is 0.391 e. The van der Waals surface area contributed by atoms with Crippen LogP contribution in [0.5, 0.6) is 0 Å². The summed E-state index contributed by atoms with van der Waals surface area (Å²) >= 11 is 5.69. The lowest BCUT2D eigenvalue weighted by Gasteiger charge is -2.30. The van der Waals surface area contributed by atoms with E-state index < -0.39 is 23.9 Å². The largest absolute Gasteiger partial charge is 0.417 e. The Kier molecular flexibility index (Phi) is 5.17. The fourth-order valence-corrected chi connectivity index (χ4v) is 3.23. The predicted molar refractivity (Wildman–Crippen MR) is 76.0 cm³/mol. The monoisotopic (exact) mass is 321 g/mol. The number of rotatable bonds is 3. The van der Waals surface area contributed by atoms with Gasteiger partial charge in [0.1, 0.15) is 0 Å². The van der Waals surface area contributed by atoms with Gasteiger partial charge in [-0.05, 0) is 36.5 Å². The molecule has 0 saturated heterocycles. The van der Waals surface area contributed by atoms with Gasteiger partial charge in [-0.2, -0.15) is 13.2 Å². The molecule has 118 valence electrons. The van der Waals surface area contributed by atoms with Gasteiger partial charge in [-0.15, -0.1) is 0 Å². The van der Waals surface area contributed by atoms with Gasteiger partial charge >= 0.3 is 6.18 Å². The number of alkyl halides is 3. The highest BCUT2D eigenvalue weighted by atomic mass is 35.5. The van der Waals surface area contributed by atoms with Crippen LogP contribution in [-0.2, 0) is 6.18 Å². The minimum atomic E-state index is -4.48. The van der Waals surface area contributed by atoms with Gasteiger partial charge in [0.15, 0.2) is 0 Å². The van der Waals surface area contributed by atoms with Gasteiger partial charge in [0, 0.05) is 0 Å². The van der Waals surface area contributed by atoms with Crippen LogP contribution >= 0.6 is 11.6 Å². The summed E-state index contributed by atoms with van der Waals surface area (Å²) < 4.78 is 38.0. The van der Waals surface area contributed by atoms with Crippen molar-refractivity contribution < 1.29 is 18.3 Å². The summed E-state index contributed by atoms with van der Waals surface area (Å²) in [6, 6.07) is 2.71. The number of benzene rings is 1. The molecule has 1 saturated carbocycles. The fraction of sp³-hybridized carbons (Fsp3) is 0.600. The summed E-state index contributed by atoms with van der Waals surface area (Å²) in [7, 11) is 0. The van der Waals surface area contributed by atoms with Crippen molar-refractivity contribution in [3.8, 4) is 0 Å². The third-order valence-electron chi connectivity index (χ3n) is 4.18. The van der Waals surface area contributed by atoms with E-state index in [0.717, 1.165) is 38.2 Å². The van der Waals surface area contributed by atoms with E-state index in [1.54, 1.807) is 0 Å². The molecular formula is C15H19ClF3NO. The fourth-order valence-electron chi connectivity index (χ4n) is 2.93. The number of hydrogen-bond donors (Lipinski definition) is 2. The molecule has 1 aliphatic rings. The zero-order chi connectivity index (χ0) is 15.6. The van der Waals surface area contributed by atoms with Gasteiger partial charge < -0.3 is 10.8 Å². The van der Waals surface area contributed by atoms with Crippen LogP contribution in [0.3, 0.4) is 0 Å². The van der Waals surface area contributed by atoms with Crippen molar-refractivity contribution in [2.75, 3.05) is 0 Å². The van der Waals surface area contributed by atoms with Gasteiger partial charge in [-0.1, -0.05) is 36.9 Å². The van der Waals surface area contributed by atoms with Crippen molar-refractivity contribution in [3.63, 3.8) is 0 Å². The molecule has 2 nitrogen and oxygen atoms in total. The number of hydrogen-bond acceptors (Lipinski definition) is 2. The number of nitrogens with two attached hydrogens (primary N) is 1. The van der Waals surface area contributed by atoms with Crippen LogP contribution in [0.25, 0.3) is 0 Å². The minimum Gasteiger partial charge on any atom is -0.391 e. The molecule has 0 aromatic heterocycles. The SMILES string of the molecule is N[C@H](c1ccc(C(F)(F)F)c(Cl)c1)[C@@H](O)C1CCCCC1. The van der Waals surface area contributed by atoms with Crippen molar-refractivity contribution in [2.45, 2.75) is 50.4 Å². The first-order valence-corrected chi connectivity index (χ1v) is 7.49. The molecule has 0 spiro atoms. The molecule has 1 aliphatic carbocycles. The van der Waals surface area contributed by atoms with Crippen LogP contribution in [0.4, 0.5) is 13.2 Å². The van der Waals surface area contributed by atoms with Crippen LogP contribution < -0.4 is 5.73 Å². The maximum Gasteiger partial charge on any atom is 0.417 e. The number of halogens is 4. The lowest BCUT2D eigenvalue weighted by molar-refractivity contribution is -0.137. The standard InChI is InChI=1S/C15H19ClF3NO/c16-12-8-10(6-7-11(12)15(17,18)19)13(20)14(21)9-4-2-1-3-5-9/h6-9,13-14,21H,1-5,20H2/t13-,14+/m1/s1. The summed E-state index contributed by atoms with van der Waals surface area (Å²) in [6.45, 7) is 0. The Morgan fingerprint density at radius 1 is 1.19 bits per heavy atom. The predicted octanol–water partition coefficient (Wildman–Crippen LogP) is 4.30. The lowest BCUT2D eigenvalue weighted by Crippen LogP contribution is -2.34. The second-order valence-corrected chi connectivity index (χ2v) is 6.06. The van der Waals surface area contributed by atoms with E-state index in [1.807, 2.05) is 0 Å². The molecule has 0 radical (unpaired) electrons. The summed E-state index contributed by atoms with van der Waals surface area (Å²) in [6.07, 6.45) is -0.151. The summed E-state index contributed by atoms with van der Waals surface area (Å²) in [5.74, 6) is 0.106. The van der Waals surface area contributed by atoms with Gasteiger partial charge in [0.25, 0.3) is 0 Å². The zero-order valence-electron chi connectivity index (χ0n) is 11.5. The number of aliphatic hydroxyl groups excluding tert-OH is 1. The first-order chi connectivity index (χ1) is 9.80. The molecular weight excluding hydrogens is 303 g/mol. The Balaban J connectivity index is 2.15. The molecule has 21 heavy (non-hydrogen) atoms. The molecule has 0 amide bonds. The van der Waals surface area contributed by atoms with Crippen molar-refractivity contribution in [2.24, 2.45) is 11.7 Å². The second kappa shape index (κ2) is 6.55. The van der Waals surface area contributed by atoms with E-state index in [2.05, 4.69) is 0 Å². The first kappa shape index (κ1) is 16.6. The molecule has 3 N–H and O–H groups in total. The maximum absolute atomic E-state index is 12.7. The van der Waals surface area contributed by atoms with Crippen LogP contribution in [-0.4, -0.2) is 11.2 Å². The minimum absolute atomic E-state index is 0.106. The average Bonchev–Trinajstić information content (AvgIpc) is 2.45. The first-order valence-electron chi connectivity index (χ1n) is 7.11. The van der Waals surface area contributed by atoms with Gasteiger partial charge in [-0.3, -0.25) is 0 Å². The Morgan fingerprint density at radius 2 is 1.81 bits per heavy atom. The molecule has 0 heterocycles. The van der Waals surface area contributed by atoms with Crippen molar-refractivity contribution in [1.29, 1.82) is 0 Å². The summed E-state index contributed by atoms with van der Waals surface area (Å²) in [5, 5.41) is 9.94. The molecule has 1 fully saturated rings. The van der Waals surface area contributed by atoms with Crippen LogP contribution in [0, 0.1) is 5.92 Å². The third-order valence-corrected chi connectivity index (χ3v) is 4.50. The van der Waals surface area contributed by atoms with Crippen molar-refractivity contribution >= 4 is 11.6 Å². The Hall–Kier alpha value is -0.780. The summed E-state index contributed by atoms with van der Waals surface area (Å²) in [5.41, 5.74) is 5.56. The summed E-state index contributed by atoms with van der Waals surface area (Å²) in [4.78, 5) is 0. The van der Waals surface area contributed by atoms with Gasteiger partial charge in [0.2, 0.25) is 0 Å². The van der Waals surface area contributed by atoms with Crippen LogP contribution in [0.15, 0.2) is 18.2 Å². The molecule has 0 aliphatic heterocycles. The quantitative estimate of drug-likeness (QED) is 0.872. The highest BCUT2D eigenvalue weighted by Gasteiger charge is 2.34. The lowest BCUT2D eigenvalue weighted by atomic mass is 9.81. The van der Waals surface area contributed by atoms with Gasteiger partial charge in [0.05, 0.1) is 22.7 Å². The van der Waals surface area contributed by atoms with E-state index in [9.17, 15) is 18.3 Å². The van der Waals surface area contributed by atoms with Crippen molar-refractivity contribution in [1.82, 2.24) is 0 Å². The molecule has 1 aromatic carbocycles. The molecule has 0 unspecified atom stereocenters. The highest BCUT2D eigenvalue weighted by molar-refractivity contribution is 6.31. The van der Waals surface area contributed by atoms with Crippen LogP contribution in [0.2, 0.25) is 5.02 Å². The van der Waals surface area contributed by atoms with Crippen molar-refractivity contribution in [3.05, 3.63) is 34.3 Å². The highest BCUT2D eigenvalue weighted by Crippen LogP contribution is 2.37. The van der Waals surface area contributed by atoms with Gasteiger partial charge in [-0.25, -0.2) is 0 Å². The van der Waals surface area contributed by atoms with Crippen LogP contribution in [0.1, 0.15) is 49.3 Å². The molecule has 0 bridgehead atoms. The zero-order valence-corrected chi connectivity index (χ0v) is 12.3. The third kappa shape index (κ3) is 3.90. The topological polar surface area (TPSA) is 46.2 Å². The van der Waals surface area contributed by atoms with E-state index in [0.29, 0.717) is 5.56 Å².